The molecule has 0 radical (unpaired) electrons. The number of carbonyl (C=O) groups is 1. The molecule has 0 aliphatic carbocycles. The van der Waals surface area contributed by atoms with E-state index in [2.05, 4.69) is 5.10 Å². The molecule has 19 heavy (non-hydrogen) atoms. The van der Waals surface area contributed by atoms with Crippen molar-refractivity contribution in [3.63, 3.8) is 0 Å². The molecule has 2 rings (SSSR count). The summed E-state index contributed by atoms with van der Waals surface area (Å²) in [6, 6.07) is 7.09. The minimum atomic E-state index is -1.04. The van der Waals surface area contributed by atoms with Crippen LogP contribution in [0.1, 0.15) is 10.5 Å². The second-order valence-electron chi connectivity index (χ2n) is 4.40. The van der Waals surface area contributed by atoms with Gasteiger partial charge in [-0.3, -0.25) is 4.68 Å². The van der Waals surface area contributed by atoms with Crippen LogP contribution in [0.5, 0.6) is 0 Å². The van der Waals surface area contributed by atoms with Crippen molar-refractivity contribution in [2.75, 3.05) is 19.0 Å². The summed E-state index contributed by atoms with van der Waals surface area (Å²) in [4.78, 5) is 12.8. The Kier molecular flexibility index (Phi) is 3.48. The molecule has 2 aromatic rings. The van der Waals surface area contributed by atoms with Gasteiger partial charge in [0.25, 0.3) is 0 Å². The summed E-state index contributed by atoms with van der Waals surface area (Å²) >= 11 is 6.12. The Morgan fingerprint density at radius 2 is 2.05 bits per heavy atom. The Morgan fingerprint density at radius 1 is 1.37 bits per heavy atom. The van der Waals surface area contributed by atoms with Gasteiger partial charge in [0.1, 0.15) is 0 Å². The van der Waals surface area contributed by atoms with Gasteiger partial charge < -0.3 is 10.0 Å². The lowest BCUT2D eigenvalue weighted by atomic mass is 10.1. The minimum Gasteiger partial charge on any atom is -0.476 e. The molecule has 1 aromatic heterocycles. The standard InChI is InChI=1S/C13H14ClN3O2/c1-16(2)12-6-8(4-5-9(12)14)11-7-10(13(18)19)15-17(11)3/h4-7H,1-3H3,(H,18,19). The van der Waals surface area contributed by atoms with E-state index in [0.717, 1.165) is 16.9 Å². The molecule has 0 amide bonds. The van der Waals surface area contributed by atoms with Crippen LogP contribution in [-0.2, 0) is 7.05 Å². The Morgan fingerprint density at radius 3 is 2.58 bits per heavy atom. The molecular formula is C13H14ClN3O2. The number of rotatable bonds is 3. The number of hydrogen-bond donors (Lipinski definition) is 1. The van der Waals surface area contributed by atoms with E-state index in [9.17, 15) is 4.79 Å². The van der Waals surface area contributed by atoms with E-state index in [1.54, 1.807) is 23.9 Å². The molecule has 6 heteroatoms. The number of aromatic carboxylic acids is 1. The third-order valence-corrected chi connectivity index (χ3v) is 3.14. The monoisotopic (exact) mass is 279 g/mol. The van der Waals surface area contributed by atoms with Gasteiger partial charge in [0, 0.05) is 26.7 Å². The Labute approximate surface area is 116 Å². The van der Waals surface area contributed by atoms with Crippen LogP contribution < -0.4 is 4.90 Å². The van der Waals surface area contributed by atoms with Crippen molar-refractivity contribution in [3.05, 3.63) is 35.0 Å². The van der Waals surface area contributed by atoms with Gasteiger partial charge in [-0.2, -0.15) is 5.10 Å². The van der Waals surface area contributed by atoms with Gasteiger partial charge in [-0.1, -0.05) is 17.7 Å². The van der Waals surface area contributed by atoms with Crippen molar-refractivity contribution in [3.8, 4) is 11.3 Å². The molecule has 0 bridgehead atoms. The van der Waals surface area contributed by atoms with Crippen LogP contribution in [-0.4, -0.2) is 35.0 Å². The summed E-state index contributed by atoms with van der Waals surface area (Å²) in [5, 5.41) is 13.6. The van der Waals surface area contributed by atoms with Crippen LogP contribution in [0.25, 0.3) is 11.3 Å². The summed E-state index contributed by atoms with van der Waals surface area (Å²) in [6.07, 6.45) is 0. The molecule has 5 nitrogen and oxygen atoms in total. The molecule has 0 saturated carbocycles. The average molecular weight is 280 g/mol. The normalized spacial score (nSPS) is 10.5. The van der Waals surface area contributed by atoms with Gasteiger partial charge in [-0.25, -0.2) is 4.79 Å². The van der Waals surface area contributed by atoms with Crippen LogP contribution >= 0.6 is 11.6 Å². The molecule has 0 atom stereocenters. The van der Waals surface area contributed by atoms with E-state index in [0.29, 0.717) is 5.02 Å². The molecular weight excluding hydrogens is 266 g/mol. The number of halogens is 1. The second kappa shape index (κ2) is 4.93. The summed E-state index contributed by atoms with van der Waals surface area (Å²) < 4.78 is 1.55. The molecule has 0 unspecified atom stereocenters. The molecule has 0 aliphatic heterocycles. The first-order valence-corrected chi connectivity index (χ1v) is 6.02. The van der Waals surface area contributed by atoms with Crippen molar-refractivity contribution in [1.82, 2.24) is 9.78 Å². The number of carboxylic acids is 1. The smallest absolute Gasteiger partial charge is 0.356 e. The van der Waals surface area contributed by atoms with Crippen molar-refractivity contribution in [2.45, 2.75) is 0 Å². The van der Waals surface area contributed by atoms with Gasteiger partial charge in [-0.15, -0.1) is 0 Å². The van der Waals surface area contributed by atoms with Gasteiger partial charge in [0.15, 0.2) is 5.69 Å². The summed E-state index contributed by atoms with van der Waals surface area (Å²) in [5.41, 5.74) is 2.50. The van der Waals surface area contributed by atoms with E-state index in [1.807, 2.05) is 31.1 Å². The predicted octanol–water partition coefficient (Wildman–Crippen LogP) is 2.50. The first-order chi connectivity index (χ1) is 8.90. The summed E-state index contributed by atoms with van der Waals surface area (Å²) in [5.74, 6) is -1.04. The lowest BCUT2D eigenvalue weighted by Gasteiger charge is -2.15. The average Bonchev–Trinajstić information content (AvgIpc) is 2.72. The largest absolute Gasteiger partial charge is 0.476 e. The van der Waals surface area contributed by atoms with E-state index >= 15 is 0 Å². The number of carboxylic acid groups (broad SMARTS) is 1. The molecule has 100 valence electrons. The van der Waals surface area contributed by atoms with Crippen LogP contribution in [0.3, 0.4) is 0 Å². The van der Waals surface area contributed by atoms with Crippen molar-refractivity contribution >= 4 is 23.3 Å². The second-order valence-corrected chi connectivity index (χ2v) is 4.81. The fourth-order valence-corrected chi connectivity index (χ4v) is 2.14. The highest BCUT2D eigenvalue weighted by Gasteiger charge is 2.14. The molecule has 1 heterocycles. The van der Waals surface area contributed by atoms with Gasteiger partial charge in [0.05, 0.1) is 16.4 Å². The number of hydrogen-bond acceptors (Lipinski definition) is 3. The van der Waals surface area contributed by atoms with Crippen LogP contribution in [0, 0.1) is 0 Å². The zero-order valence-electron chi connectivity index (χ0n) is 10.9. The highest BCUT2D eigenvalue weighted by molar-refractivity contribution is 6.33. The SMILES string of the molecule is CN(C)c1cc(-c2cc(C(=O)O)nn2C)ccc1Cl. The first-order valence-electron chi connectivity index (χ1n) is 5.64. The van der Waals surface area contributed by atoms with Gasteiger partial charge in [0.2, 0.25) is 0 Å². The highest BCUT2D eigenvalue weighted by Crippen LogP contribution is 2.30. The minimum absolute atomic E-state index is 0.0267. The molecule has 0 aliphatic rings. The maximum Gasteiger partial charge on any atom is 0.356 e. The fourth-order valence-electron chi connectivity index (χ4n) is 1.86. The zero-order chi connectivity index (χ0) is 14.2. The topological polar surface area (TPSA) is 58.4 Å². The van der Waals surface area contributed by atoms with Gasteiger partial charge in [-0.05, 0) is 18.2 Å². The Bertz CT molecular complexity index is 635. The maximum atomic E-state index is 10.9. The summed E-state index contributed by atoms with van der Waals surface area (Å²) in [7, 11) is 5.51. The van der Waals surface area contributed by atoms with E-state index in [4.69, 9.17) is 16.7 Å². The lowest BCUT2D eigenvalue weighted by Crippen LogP contribution is -2.09. The fraction of sp³-hybridized carbons (Fsp3) is 0.231. The molecule has 0 fully saturated rings. The highest BCUT2D eigenvalue weighted by atomic mass is 35.5. The molecule has 1 aromatic carbocycles. The van der Waals surface area contributed by atoms with Crippen molar-refractivity contribution in [2.24, 2.45) is 7.05 Å². The first kappa shape index (κ1) is 13.4. The van der Waals surface area contributed by atoms with Crippen molar-refractivity contribution in [1.29, 1.82) is 0 Å². The Hall–Kier alpha value is -2.01. The quantitative estimate of drug-likeness (QED) is 0.938. The Balaban J connectivity index is 2.53. The number of nitrogens with zero attached hydrogens (tertiary/aromatic N) is 3. The number of aromatic nitrogens is 2. The van der Waals surface area contributed by atoms with E-state index in [1.165, 1.54) is 0 Å². The maximum absolute atomic E-state index is 10.9. The summed E-state index contributed by atoms with van der Waals surface area (Å²) in [6.45, 7) is 0. The van der Waals surface area contributed by atoms with Crippen LogP contribution in [0.15, 0.2) is 24.3 Å². The van der Waals surface area contributed by atoms with Crippen molar-refractivity contribution < 1.29 is 9.90 Å². The third kappa shape index (κ3) is 2.56. The van der Waals surface area contributed by atoms with Gasteiger partial charge >= 0.3 is 5.97 Å². The lowest BCUT2D eigenvalue weighted by molar-refractivity contribution is 0.0689. The van der Waals surface area contributed by atoms with E-state index < -0.39 is 5.97 Å². The molecule has 0 spiro atoms. The van der Waals surface area contributed by atoms with Crippen LogP contribution in [0.4, 0.5) is 5.69 Å². The molecule has 1 N–H and O–H groups in total. The number of benzene rings is 1. The zero-order valence-corrected chi connectivity index (χ0v) is 11.6. The van der Waals surface area contributed by atoms with E-state index in [-0.39, 0.29) is 5.69 Å². The molecule has 0 saturated heterocycles. The van der Waals surface area contributed by atoms with Crippen LogP contribution in [0.2, 0.25) is 5.02 Å². The number of anilines is 1. The number of aryl methyl sites for hydroxylation is 1. The predicted molar refractivity (Wildman–Crippen MR) is 74.9 cm³/mol. The third-order valence-electron chi connectivity index (χ3n) is 2.82.